The van der Waals surface area contributed by atoms with Gasteiger partial charge in [-0.3, -0.25) is 9.59 Å². The van der Waals surface area contributed by atoms with Crippen molar-refractivity contribution in [3.8, 4) is 5.75 Å². The number of likely N-dealkylation sites (tertiary alicyclic amines) is 1. The van der Waals surface area contributed by atoms with Crippen molar-refractivity contribution in [1.29, 1.82) is 0 Å². The van der Waals surface area contributed by atoms with Crippen molar-refractivity contribution < 1.29 is 14.3 Å². The third-order valence-electron chi connectivity index (χ3n) is 3.24. The molecule has 4 heteroatoms. The van der Waals surface area contributed by atoms with E-state index in [1.54, 1.807) is 17.0 Å². The van der Waals surface area contributed by atoms with Gasteiger partial charge in [-0.15, -0.1) is 0 Å². The van der Waals surface area contributed by atoms with Gasteiger partial charge in [-0.2, -0.15) is 0 Å². The summed E-state index contributed by atoms with van der Waals surface area (Å²) in [5.41, 5.74) is 0.558. The highest BCUT2D eigenvalue weighted by atomic mass is 16.5. The number of Topliss-reactive ketones (excluding diaryl/α,β-unsaturated/α-hetero) is 1. The van der Waals surface area contributed by atoms with Gasteiger partial charge in [0.15, 0.2) is 5.78 Å². The zero-order valence-electron chi connectivity index (χ0n) is 11.2. The molecule has 0 aromatic heterocycles. The number of para-hydroxylation sites is 1. The van der Waals surface area contributed by atoms with Gasteiger partial charge < -0.3 is 9.64 Å². The maximum Gasteiger partial charge on any atom is 0.222 e. The molecule has 1 aliphatic heterocycles. The fourth-order valence-corrected chi connectivity index (χ4v) is 2.27. The number of hydrogen-bond acceptors (Lipinski definition) is 3. The molecule has 0 spiro atoms. The number of ether oxygens (including phenoxy) is 1. The number of benzene rings is 1. The summed E-state index contributed by atoms with van der Waals surface area (Å²) < 4.78 is 5.45. The summed E-state index contributed by atoms with van der Waals surface area (Å²) in [6.45, 7) is 3.24. The van der Waals surface area contributed by atoms with Crippen LogP contribution in [0.25, 0.3) is 0 Å². The van der Waals surface area contributed by atoms with E-state index in [0.717, 1.165) is 12.8 Å². The van der Waals surface area contributed by atoms with E-state index in [9.17, 15) is 9.59 Å². The van der Waals surface area contributed by atoms with Crippen LogP contribution in [0.4, 0.5) is 0 Å². The van der Waals surface area contributed by atoms with Gasteiger partial charge in [0.2, 0.25) is 5.91 Å². The van der Waals surface area contributed by atoms with Crippen LogP contribution in [-0.4, -0.2) is 36.3 Å². The molecular weight excluding hydrogens is 242 g/mol. The topological polar surface area (TPSA) is 46.6 Å². The summed E-state index contributed by atoms with van der Waals surface area (Å²) in [7, 11) is 0. The standard InChI is InChI=1S/C15H19NO3/c1-2-19-14-8-4-3-7-12(14)13(17)11-16-10-6-5-9-15(16)18/h3-4,7-8H,2,5-6,9-11H2,1H3. The second-order valence-corrected chi connectivity index (χ2v) is 4.62. The van der Waals surface area contributed by atoms with Gasteiger partial charge in [-0.05, 0) is 31.9 Å². The van der Waals surface area contributed by atoms with Gasteiger partial charge >= 0.3 is 0 Å². The molecule has 1 saturated heterocycles. The third-order valence-corrected chi connectivity index (χ3v) is 3.24. The molecule has 1 heterocycles. The van der Waals surface area contributed by atoms with E-state index >= 15 is 0 Å². The van der Waals surface area contributed by atoms with Crippen molar-refractivity contribution >= 4 is 11.7 Å². The second-order valence-electron chi connectivity index (χ2n) is 4.62. The molecule has 102 valence electrons. The lowest BCUT2D eigenvalue weighted by Crippen LogP contribution is -2.39. The van der Waals surface area contributed by atoms with Crippen molar-refractivity contribution in [2.24, 2.45) is 0 Å². The van der Waals surface area contributed by atoms with E-state index in [1.807, 2.05) is 19.1 Å². The Morgan fingerprint density at radius 2 is 2.11 bits per heavy atom. The SMILES string of the molecule is CCOc1ccccc1C(=O)CN1CCCCC1=O. The van der Waals surface area contributed by atoms with Gasteiger partial charge in [0.1, 0.15) is 5.75 Å². The van der Waals surface area contributed by atoms with Gasteiger partial charge in [0.25, 0.3) is 0 Å². The summed E-state index contributed by atoms with van der Waals surface area (Å²) in [5.74, 6) is 0.618. The quantitative estimate of drug-likeness (QED) is 0.764. The summed E-state index contributed by atoms with van der Waals surface area (Å²) >= 11 is 0. The Morgan fingerprint density at radius 1 is 1.32 bits per heavy atom. The Labute approximate surface area is 113 Å². The summed E-state index contributed by atoms with van der Waals surface area (Å²) in [4.78, 5) is 25.6. The third kappa shape index (κ3) is 3.34. The fourth-order valence-electron chi connectivity index (χ4n) is 2.27. The van der Waals surface area contributed by atoms with Crippen LogP contribution in [0.5, 0.6) is 5.75 Å². The molecule has 1 aliphatic rings. The first-order valence-corrected chi connectivity index (χ1v) is 6.75. The van der Waals surface area contributed by atoms with Crippen LogP contribution < -0.4 is 4.74 Å². The molecule has 0 atom stereocenters. The Hall–Kier alpha value is -1.84. The largest absolute Gasteiger partial charge is 0.493 e. The van der Waals surface area contributed by atoms with Crippen molar-refractivity contribution in [2.75, 3.05) is 19.7 Å². The zero-order chi connectivity index (χ0) is 13.7. The maximum absolute atomic E-state index is 12.3. The number of amides is 1. The fraction of sp³-hybridized carbons (Fsp3) is 0.467. The minimum Gasteiger partial charge on any atom is -0.493 e. The molecule has 4 nitrogen and oxygen atoms in total. The minimum atomic E-state index is -0.0562. The molecule has 1 amide bonds. The van der Waals surface area contributed by atoms with Gasteiger partial charge in [0, 0.05) is 13.0 Å². The van der Waals surface area contributed by atoms with Crippen molar-refractivity contribution in [2.45, 2.75) is 26.2 Å². The molecule has 0 bridgehead atoms. The van der Waals surface area contributed by atoms with Gasteiger partial charge in [0.05, 0.1) is 18.7 Å². The zero-order valence-corrected chi connectivity index (χ0v) is 11.2. The summed E-state index contributed by atoms with van der Waals surface area (Å²) in [6.07, 6.45) is 2.46. The highest BCUT2D eigenvalue weighted by molar-refractivity contribution is 6.01. The van der Waals surface area contributed by atoms with Crippen molar-refractivity contribution in [3.63, 3.8) is 0 Å². The average Bonchev–Trinajstić information content (AvgIpc) is 2.42. The van der Waals surface area contributed by atoms with Gasteiger partial charge in [-0.25, -0.2) is 0 Å². The monoisotopic (exact) mass is 261 g/mol. The molecule has 0 N–H and O–H groups in total. The molecule has 2 rings (SSSR count). The second kappa shape index (κ2) is 6.36. The first-order chi connectivity index (χ1) is 9.22. The average molecular weight is 261 g/mol. The highest BCUT2D eigenvalue weighted by Gasteiger charge is 2.22. The van der Waals surface area contributed by atoms with Crippen molar-refractivity contribution in [1.82, 2.24) is 4.90 Å². The Balaban J connectivity index is 2.09. The van der Waals surface area contributed by atoms with Crippen LogP contribution in [0, 0.1) is 0 Å². The van der Waals surface area contributed by atoms with Crippen LogP contribution in [0.3, 0.4) is 0 Å². The number of carbonyl (C=O) groups excluding carboxylic acids is 2. The number of nitrogens with zero attached hydrogens (tertiary/aromatic N) is 1. The van der Waals surface area contributed by atoms with E-state index in [1.165, 1.54) is 0 Å². The van der Waals surface area contributed by atoms with Crippen molar-refractivity contribution in [3.05, 3.63) is 29.8 Å². The lowest BCUT2D eigenvalue weighted by molar-refractivity contribution is -0.132. The Bertz CT molecular complexity index is 470. The predicted molar refractivity (Wildman–Crippen MR) is 72.4 cm³/mol. The van der Waals surface area contributed by atoms with E-state index in [2.05, 4.69) is 0 Å². The molecule has 0 unspecified atom stereocenters. The Kier molecular flexibility index (Phi) is 4.55. The van der Waals surface area contributed by atoms with Crippen LogP contribution in [-0.2, 0) is 4.79 Å². The molecule has 0 saturated carbocycles. The lowest BCUT2D eigenvalue weighted by atomic mass is 10.1. The predicted octanol–water partition coefficient (Wildman–Crippen LogP) is 2.28. The summed E-state index contributed by atoms with van der Waals surface area (Å²) in [6, 6.07) is 7.19. The molecule has 19 heavy (non-hydrogen) atoms. The summed E-state index contributed by atoms with van der Waals surface area (Å²) in [5, 5.41) is 0. The van der Waals surface area contributed by atoms with Gasteiger partial charge in [-0.1, -0.05) is 12.1 Å². The minimum absolute atomic E-state index is 0.0562. The van der Waals surface area contributed by atoms with Crippen LogP contribution >= 0.6 is 0 Å². The normalized spacial score (nSPS) is 15.4. The molecule has 0 radical (unpaired) electrons. The van der Waals surface area contributed by atoms with E-state index < -0.39 is 0 Å². The number of carbonyl (C=O) groups is 2. The first-order valence-electron chi connectivity index (χ1n) is 6.75. The number of piperidine rings is 1. The number of ketones is 1. The van der Waals surface area contributed by atoms with Crippen LogP contribution in [0.2, 0.25) is 0 Å². The molecular formula is C15H19NO3. The van der Waals surface area contributed by atoms with Crippen LogP contribution in [0.15, 0.2) is 24.3 Å². The number of rotatable bonds is 5. The molecule has 1 aromatic carbocycles. The smallest absolute Gasteiger partial charge is 0.222 e. The number of hydrogen-bond donors (Lipinski definition) is 0. The van der Waals surface area contributed by atoms with Crippen LogP contribution in [0.1, 0.15) is 36.5 Å². The van der Waals surface area contributed by atoms with E-state index in [4.69, 9.17) is 4.74 Å². The maximum atomic E-state index is 12.3. The van der Waals surface area contributed by atoms with E-state index in [0.29, 0.717) is 30.9 Å². The molecule has 0 aliphatic carbocycles. The molecule has 1 fully saturated rings. The first kappa shape index (κ1) is 13.6. The molecule has 1 aromatic rings. The lowest BCUT2D eigenvalue weighted by Gasteiger charge is -2.26. The highest BCUT2D eigenvalue weighted by Crippen LogP contribution is 2.20. The van der Waals surface area contributed by atoms with E-state index in [-0.39, 0.29) is 18.2 Å². The Morgan fingerprint density at radius 3 is 2.84 bits per heavy atom.